The minimum absolute atomic E-state index is 0. The van der Waals surface area contributed by atoms with Gasteiger partial charge >= 0.3 is 5.69 Å². The van der Waals surface area contributed by atoms with E-state index in [2.05, 4.69) is 0 Å². The Kier molecular flexibility index (Phi) is 5.16. The maximum atomic E-state index is 10.5. The quantitative estimate of drug-likeness (QED) is 0.548. The van der Waals surface area contributed by atoms with Crippen LogP contribution in [0.2, 0.25) is 0 Å². The molecule has 0 amide bonds. The van der Waals surface area contributed by atoms with Gasteiger partial charge in [0.05, 0.1) is 17.1 Å². The fourth-order valence-corrected chi connectivity index (χ4v) is 1.17. The molecule has 0 radical (unpaired) electrons. The predicted molar refractivity (Wildman–Crippen MR) is 60.6 cm³/mol. The zero-order valence-corrected chi connectivity index (χ0v) is 9.35. The molecule has 0 unspecified atom stereocenters. The molecule has 90 valence electrons. The van der Waals surface area contributed by atoms with E-state index in [9.17, 15) is 20.3 Å². The van der Waals surface area contributed by atoms with Crippen LogP contribution in [-0.4, -0.2) is 21.2 Å². The number of aliphatic hydroxyl groups is 1. The first kappa shape index (κ1) is 14.6. The molecule has 0 aliphatic rings. The van der Waals surface area contributed by atoms with Gasteiger partial charge in [0, 0.05) is 6.07 Å². The van der Waals surface area contributed by atoms with Crippen molar-refractivity contribution in [1.29, 1.82) is 0 Å². The molecule has 0 saturated heterocycles. The highest BCUT2D eigenvalue weighted by Crippen LogP contribution is 2.28. The summed E-state index contributed by atoms with van der Waals surface area (Å²) in [5, 5.41) is 28.9. The summed E-state index contributed by atoms with van der Waals surface area (Å²) >= 11 is 0. The van der Waals surface area contributed by atoms with Crippen molar-refractivity contribution < 1.29 is 15.1 Å². The van der Waals surface area contributed by atoms with Gasteiger partial charge in [0.15, 0.2) is 5.75 Å². The van der Waals surface area contributed by atoms with E-state index in [0.717, 1.165) is 6.07 Å². The molecule has 0 fully saturated rings. The van der Waals surface area contributed by atoms with Crippen molar-refractivity contribution in [3.05, 3.63) is 33.9 Å². The lowest BCUT2D eigenvalue weighted by atomic mass is 10.0. The first-order chi connectivity index (χ1) is 6.93. The molecule has 4 N–H and O–H groups in total. The van der Waals surface area contributed by atoms with Gasteiger partial charge in [-0.25, -0.2) is 0 Å². The van der Waals surface area contributed by atoms with E-state index >= 15 is 0 Å². The van der Waals surface area contributed by atoms with E-state index in [0.29, 0.717) is 5.56 Å². The molecule has 0 aliphatic carbocycles. The van der Waals surface area contributed by atoms with E-state index in [-0.39, 0.29) is 12.4 Å². The first-order valence-corrected chi connectivity index (χ1v) is 4.34. The number of nitrogens with two attached hydrogens (primary N) is 1. The van der Waals surface area contributed by atoms with Crippen molar-refractivity contribution in [2.75, 3.05) is 0 Å². The highest BCUT2D eigenvalue weighted by Gasteiger charge is 2.18. The van der Waals surface area contributed by atoms with Crippen LogP contribution >= 0.6 is 12.4 Å². The fraction of sp³-hybridized carbons (Fsp3) is 0.333. The third-order valence-corrected chi connectivity index (χ3v) is 2.10. The molecule has 1 rings (SSSR count). The van der Waals surface area contributed by atoms with Crippen LogP contribution in [0, 0.1) is 10.1 Å². The van der Waals surface area contributed by atoms with Crippen LogP contribution in [0.1, 0.15) is 18.5 Å². The Hall–Kier alpha value is -1.37. The van der Waals surface area contributed by atoms with Gasteiger partial charge in [0.2, 0.25) is 0 Å². The van der Waals surface area contributed by atoms with Crippen LogP contribution in [0.3, 0.4) is 0 Å². The summed E-state index contributed by atoms with van der Waals surface area (Å²) in [7, 11) is 0. The van der Waals surface area contributed by atoms with Gasteiger partial charge < -0.3 is 15.9 Å². The molecule has 0 saturated carbocycles. The van der Waals surface area contributed by atoms with Crippen LogP contribution in [-0.2, 0) is 0 Å². The van der Waals surface area contributed by atoms with Gasteiger partial charge in [-0.2, -0.15) is 0 Å². The van der Waals surface area contributed by atoms with Gasteiger partial charge in [0.1, 0.15) is 0 Å². The number of phenols is 1. The van der Waals surface area contributed by atoms with Gasteiger partial charge in [-0.3, -0.25) is 10.1 Å². The van der Waals surface area contributed by atoms with E-state index < -0.39 is 28.5 Å². The van der Waals surface area contributed by atoms with Gasteiger partial charge in [-0.05, 0) is 18.6 Å². The minimum Gasteiger partial charge on any atom is -0.502 e. The number of nitro benzene ring substituents is 1. The number of aliphatic hydroxyl groups excluding tert-OH is 1. The second kappa shape index (κ2) is 5.64. The zero-order chi connectivity index (χ0) is 11.6. The number of aromatic hydroxyl groups is 1. The zero-order valence-electron chi connectivity index (χ0n) is 8.53. The maximum absolute atomic E-state index is 10.5. The Bertz CT molecular complexity index is 384. The molecular weight excluding hydrogens is 236 g/mol. The second-order valence-electron chi connectivity index (χ2n) is 3.27. The average Bonchev–Trinajstić information content (AvgIpc) is 2.16. The van der Waals surface area contributed by atoms with Crippen LogP contribution in [0.5, 0.6) is 5.75 Å². The van der Waals surface area contributed by atoms with Crippen LogP contribution in [0.25, 0.3) is 0 Å². The molecule has 6 nitrogen and oxygen atoms in total. The predicted octanol–water partition coefficient (Wildman–Crippen LogP) is 1.10. The molecule has 16 heavy (non-hydrogen) atoms. The Balaban J connectivity index is 0.00000225. The van der Waals surface area contributed by atoms with Crippen molar-refractivity contribution >= 4 is 18.1 Å². The lowest BCUT2D eigenvalue weighted by molar-refractivity contribution is -0.385. The standard InChI is InChI=1S/C9H12N2O4.ClH/c1-5(12)9(10)6-2-3-8(13)7(4-6)11(14)15;/h2-5,9,12-13H,10H2,1H3;1H/t5-,9-;/m0./s1. The molecule has 0 aliphatic heterocycles. The molecule has 0 aromatic heterocycles. The highest BCUT2D eigenvalue weighted by atomic mass is 35.5. The van der Waals surface area contributed by atoms with E-state index in [4.69, 9.17) is 5.73 Å². The summed E-state index contributed by atoms with van der Waals surface area (Å²) in [5.41, 5.74) is 5.60. The molecule has 1 aromatic carbocycles. The summed E-state index contributed by atoms with van der Waals surface area (Å²) in [6.07, 6.45) is -0.811. The molecule has 0 spiro atoms. The number of nitro groups is 1. The lowest BCUT2D eigenvalue weighted by Gasteiger charge is -2.14. The molecule has 0 heterocycles. The first-order valence-electron chi connectivity index (χ1n) is 4.34. The largest absolute Gasteiger partial charge is 0.502 e. The maximum Gasteiger partial charge on any atom is 0.311 e. The third-order valence-electron chi connectivity index (χ3n) is 2.10. The smallest absolute Gasteiger partial charge is 0.311 e. The van der Waals surface area contributed by atoms with E-state index in [1.54, 1.807) is 0 Å². The normalized spacial score (nSPS) is 13.7. The van der Waals surface area contributed by atoms with Crippen LogP contribution < -0.4 is 5.73 Å². The van der Waals surface area contributed by atoms with Gasteiger partial charge in [0.25, 0.3) is 0 Å². The van der Waals surface area contributed by atoms with Crippen molar-refractivity contribution in [3.8, 4) is 5.75 Å². The Morgan fingerprint density at radius 2 is 2.06 bits per heavy atom. The number of hydrogen-bond acceptors (Lipinski definition) is 5. The molecule has 7 heteroatoms. The van der Waals surface area contributed by atoms with E-state index in [1.165, 1.54) is 19.1 Å². The number of phenolic OH excluding ortho intramolecular Hbond substituents is 1. The molecule has 1 aromatic rings. The summed E-state index contributed by atoms with van der Waals surface area (Å²) in [5.74, 6) is -0.415. The topological polar surface area (TPSA) is 110 Å². The Labute approximate surface area is 98.3 Å². The summed E-state index contributed by atoms with van der Waals surface area (Å²) in [6, 6.07) is 3.09. The Morgan fingerprint density at radius 1 is 1.50 bits per heavy atom. The number of benzene rings is 1. The summed E-state index contributed by atoms with van der Waals surface area (Å²) < 4.78 is 0. The lowest BCUT2D eigenvalue weighted by Crippen LogP contribution is -2.23. The highest BCUT2D eigenvalue weighted by molar-refractivity contribution is 5.85. The Morgan fingerprint density at radius 3 is 2.50 bits per heavy atom. The minimum atomic E-state index is -0.811. The molecule has 0 bridgehead atoms. The van der Waals surface area contributed by atoms with Gasteiger partial charge in [-0.15, -0.1) is 12.4 Å². The number of nitrogens with zero attached hydrogens (tertiary/aromatic N) is 1. The average molecular weight is 249 g/mol. The van der Waals surface area contributed by atoms with Gasteiger partial charge in [-0.1, -0.05) is 6.07 Å². The second-order valence-corrected chi connectivity index (χ2v) is 3.27. The molecule has 2 atom stereocenters. The van der Waals surface area contributed by atoms with Crippen molar-refractivity contribution in [1.82, 2.24) is 0 Å². The number of rotatable bonds is 3. The van der Waals surface area contributed by atoms with Crippen molar-refractivity contribution in [3.63, 3.8) is 0 Å². The number of hydrogen-bond donors (Lipinski definition) is 3. The summed E-state index contributed by atoms with van der Waals surface area (Å²) in [6.45, 7) is 1.49. The number of halogens is 1. The SMILES string of the molecule is C[C@H](O)[C@H](N)c1ccc(O)c([N+](=O)[O-])c1.Cl. The third kappa shape index (κ3) is 3.06. The van der Waals surface area contributed by atoms with Crippen molar-refractivity contribution in [2.45, 2.75) is 19.1 Å². The summed E-state index contributed by atoms with van der Waals surface area (Å²) in [4.78, 5) is 9.81. The monoisotopic (exact) mass is 248 g/mol. The van der Waals surface area contributed by atoms with Crippen molar-refractivity contribution in [2.24, 2.45) is 5.73 Å². The van der Waals surface area contributed by atoms with Crippen LogP contribution in [0.15, 0.2) is 18.2 Å². The van der Waals surface area contributed by atoms with E-state index in [1.807, 2.05) is 0 Å². The molecular formula is C9H13ClN2O4. The fourth-order valence-electron chi connectivity index (χ4n) is 1.17. The van der Waals surface area contributed by atoms with Crippen LogP contribution in [0.4, 0.5) is 5.69 Å².